The average Bonchev–Trinajstić information content (AvgIpc) is 2.65. The van der Waals surface area contributed by atoms with E-state index in [1.165, 1.54) is 27.4 Å². The van der Waals surface area contributed by atoms with Crippen LogP contribution in [0.5, 0.6) is 17.2 Å². The van der Waals surface area contributed by atoms with Crippen molar-refractivity contribution < 1.29 is 22.6 Å². The Hall–Kier alpha value is -2.98. The van der Waals surface area contributed by atoms with Crippen molar-refractivity contribution in [1.82, 2.24) is 0 Å². The van der Waals surface area contributed by atoms with E-state index in [0.29, 0.717) is 28.4 Å². The maximum Gasteiger partial charge on any atom is 0.203 e. The van der Waals surface area contributed by atoms with Crippen LogP contribution >= 0.6 is 0 Å². The van der Waals surface area contributed by atoms with Crippen molar-refractivity contribution in [2.45, 2.75) is 5.75 Å². The van der Waals surface area contributed by atoms with E-state index in [-0.39, 0.29) is 10.7 Å². The third-order valence-corrected chi connectivity index (χ3v) is 5.22. The molecule has 0 saturated heterocycles. The van der Waals surface area contributed by atoms with Crippen LogP contribution in [-0.2, 0) is 15.6 Å². The summed E-state index contributed by atoms with van der Waals surface area (Å²) in [6.45, 7) is 0. The summed E-state index contributed by atoms with van der Waals surface area (Å²) >= 11 is 0. The normalized spacial score (nSPS) is 11.5. The Morgan fingerprint density at radius 3 is 2.08 bits per heavy atom. The van der Waals surface area contributed by atoms with Gasteiger partial charge in [0.2, 0.25) is 5.75 Å². The second-order valence-corrected chi connectivity index (χ2v) is 7.28. The molecule has 0 unspecified atom stereocenters. The topological polar surface area (TPSA) is 85.6 Å². The highest BCUT2D eigenvalue weighted by molar-refractivity contribution is 7.95. The van der Waals surface area contributed by atoms with E-state index in [1.807, 2.05) is 0 Å². The third kappa shape index (κ3) is 4.35. The maximum absolute atomic E-state index is 12.6. The van der Waals surface area contributed by atoms with Crippen LogP contribution < -0.4 is 14.2 Å². The predicted octanol–water partition coefficient (Wildman–Crippen LogP) is 3.19. The number of nitriles is 1. The lowest BCUT2D eigenvalue weighted by Crippen LogP contribution is -2.06. The molecule has 0 N–H and O–H groups in total. The van der Waals surface area contributed by atoms with Gasteiger partial charge in [-0.05, 0) is 29.3 Å². The first-order chi connectivity index (χ1) is 12.4. The molecule has 0 spiro atoms. The molecule has 2 aromatic carbocycles. The van der Waals surface area contributed by atoms with E-state index < -0.39 is 9.84 Å². The third-order valence-electron chi connectivity index (χ3n) is 3.63. The van der Waals surface area contributed by atoms with Gasteiger partial charge in [0, 0.05) is 0 Å². The molecule has 0 radical (unpaired) electrons. The molecule has 0 saturated carbocycles. The summed E-state index contributed by atoms with van der Waals surface area (Å²) in [4.78, 5) is -0.337. The van der Waals surface area contributed by atoms with Gasteiger partial charge in [-0.1, -0.05) is 30.3 Å². The van der Waals surface area contributed by atoms with Crippen LogP contribution in [0.1, 0.15) is 11.1 Å². The molecule has 0 fully saturated rings. The molecule has 0 aromatic heterocycles. The van der Waals surface area contributed by atoms with Crippen molar-refractivity contribution in [2.24, 2.45) is 0 Å². The fourth-order valence-electron chi connectivity index (χ4n) is 2.40. The Morgan fingerprint density at radius 1 is 1.04 bits per heavy atom. The van der Waals surface area contributed by atoms with E-state index in [2.05, 4.69) is 0 Å². The van der Waals surface area contributed by atoms with Gasteiger partial charge in [0.15, 0.2) is 21.3 Å². The van der Waals surface area contributed by atoms with Gasteiger partial charge in [0.1, 0.15) is 11.0 Å². The lowest BCUT2D eigenvalue weighted by molar-refractivity contribution is 0.324. The van der Waals surface area contributed by atoms with Crippen LogP contribution in [0, 0.1) is 11.3 Å². The van der Waals surface area contributed by atoms with Crippen LogP contribution in [0.15, 0.2) is 47.4 Å². The highest BCUT2D eigenvalue weighted by Crippen LogP contribution is 2.38. The zero-order chi connectivity index (χ0) is 19.2. The number of nitrogens with zero attached hydrogens (tertiary/aromatic N) is 1. The van der Waals surface area contributed by atoms with Gasteiger partial charge in [-0.3, -0.25) is 0 Å². The van der Waals surface area contributed by atoms with Crippen molar-refractivity contribution in [3.05, 3.63) is 58.5 Å². The fourth-order valence-corrected chi connectivity index (χ4v) is 3.64. The molecule has 0 aliphatic heterocycles. The number of ether oxygens (including phenoxy) is 3. The molecule has 0 aliphatic rings. The standard InChI is InChI=1S/C19H19NO5S/c1-23-17-10-15(11-18(24-2)19(17)25-3)9-16(12-20)26(21,22)13-14-7-5-4-6-8-14/h4-11H,13H2,1-3H3/b16-9+. The van der Waals surface area contributed by atoms with Gasteiger partial charge in [-0.25, -0.2) is 8.42 Å². The number of sulfone groups is 1. The minimum atomic E-state index is -3.79. The van der Waals surface area contributed by atoms with Gasteiger partial charge in [0.25, 0.3) is 0 Å². The number of methoxy groups -OCH3 is 3. The summed E-state index contributed by atoms with van der Waals surface area (Å²) < 4.78 is 40.9. The Labute approximate surface area is 153 Å². The Balaban J connectivity index is 2.47. The van der Waals surface area contributed by atoms with Crippen LogP contribution in [0.3, 0.4) is 0 Å². The summed E-state index contributed by atoms with van der Waals surface area (Å²) in [6.07, 6.45) is 1.29. The minimum Gasteiger partial charge on any atom is -0.493 e. The van der Waals surface area contributed by atoms with Gasteiger partial charge >= 0.3 is 0 Å². The van der Waals surface area contributed by atoms with E-state index in [4.69, 9.17) is 14.2 Å². The first-order valence-corrected chi connectivity index (χ1v) is 9.29. The number of hydrogen-bond donors (Lipinski definition) is 0. The highest BCUT2D eigenvalue weighted by atomic mass is 32.2. The molecule has 136 valence electrons. The van der Waals surface area contributed by atoms with E-state index >= 15 is 0 Å². The second kappa shape index (κ2) is 8.41. The molecule has 0 atom stereocenters. The summed E-state index contributed by atoms with van der Waals surface area (Å²) in [5, 5.41) is 9.37. The summed E-state index contributed by atoms with van der Waals surface area (Å²) in [6, 6.07) is 13.6. The maximum atomic E-state index is 12.6. The van der Waals surface area contributed by atoms with Gasteiger partial charge in [-0.2, -0.15) is 5.26 Å². The largest absolute Gasteiger partial charge is 0.493 e. The van der Waals surface area contributed by atoms with E-state index in [0.717, 1.165) is 0 Å². The number of benzene rings is 2. The summed E-state index contributed by atoms with van der Waals surface area (Å²) in [5.74, 6) is 0.877. The number of hydrogen-bond acceptors (Lipinski definition) is 6. The molecule has 2 aromatic rings. The fraction of sp³-hybridized carbons (Fsp3) is 0.211. The molecule has 7 heteroatoms. The quantitative estimate of drug-likeness (QED) is 0.693. The van der Waals surface area contributed by atoms with Gasteiger partial charge in [-0.15, -0.1) is 0 Å². The van der Waals surface area contributed by atoms with Crippen LogP contribution in [0.25, 0.3) is 6.08 Å². The van der Waals surface area contributed by atoms with Crippen LogP contribution in [-0.4, -0.2) is 29.7 Å². The van der Waals surface area contributed by atoms with E-state index in [1.54, 1.807) is 48.5 Å². The van der Waals surface area contributed by atoms with Gasteiger partial charge < -0.3 is 14.2 Å². The molecular weight excluding hydrogens is 354 g/mol. The van der Waals surface area contributed by atoms with Crippen molar-refractivity contribution in [3.63, 3.8) is 0 Å². The zero-order valence-corrected chi connectivity index (χ0v) is 15.5. The minimum absolute atomic E-state index is 0.252. The Morgan fingerprint density at radius 2 is 1.62 bits per heavy atom. The number of rotatable bonds is 7. The molecule has 0 aliphatic carbocycles. The molecule has 26 heavy (non-hydrogen) atoms. The zero-order valence-electron chi connectivity index (χ0n) is 14.7. The Kier molecular flexibility index (Phi) is 6.26. The Bertz CT molecular complexity index is 919. The SMILES string of the molecule is COc1cc(/C=C(\C#N)S(=O)(=O)Cc2ccccc2)cc(OC)c1OC. The molecule has 0 bridgehead atoms. The lowest BCUT2D eigenvalue weighted by atomic mass is 10.1. The molecular formula is C19H19NO5S. The molecule has 2 rings (SSSR count). The van der Waals surface area contributed by atoms with E-state index in [9.17, 15) is 13.7 Å². The first kappa shape index (κ1) is 19.3. The van der Waals surface area contributed by atoms with Crippen LogP contribution in [0.4, 0.5) is 0 Å². The lowest BCUT2D eigenvalue weighted by Gasteiger charge is -2.13. The first-order valence-electron chi connectivity index (χ1n) is 7.63. The summed E-state index contributed by atoms with van der Waals surface area (Å²) in [5.41, 5.74) is 1.06. The van der Waals surface area contributed by atoms with Crippen molar-refractivity contribution in [3.8, 4) is 23.3 Å². The van der Waals surface area contributed by atoms with Crippen molar-refractivity contribution in [1.29, 1.82) is 5.26 Å². The highest BCUT2D eigenvalue weighted by Gasteiger charge is 2.20. The average molecular weight is 373 g/mol. The summed E-state index contributed by atoms with van der Waals surface area (Å²) in [7, 11) is 0.603. The smallest absolute Gasteiger partial charge is 0.203 e. The monoisotopic (exact) mass is 373 g/mol. The van der Waals surface area contributed by atoms with Crippen molar-refractivity contribution >= 4 is 15.9 Å². The second-order valence-electron chi connectivity index (χ2n) is 5.32. The van der Waals surface area contributed by atoms with Gasteiger partial charge in [0.05, 0.1) is 27.1 Å². The molecule has 0 heterocycles. The molecule has 6 nitrogen and oxygen atoms in total. The van der Waals surface area contributed by atoms with Crippen molar-refractivity contribution in [2.75, 3.05) is 21.3 Å². The van der Waals surface area contributed by atoms with Crippen LogP contribution in [0.2, 0.25) is 0 Å². The predicted molar refractivity (Wildman–Crippen MR) is 98.8 cm³/mol. The number of allylic oxidation sites excluding steroid dienone is 1. The molecule has 0 amide bonds.